The number of guanidine groups is 1. The molecule has 1 heterocycles. The molecule has 2 aliphatic rings. The number of carbonyl (C=O) groups is 2. The fourth-order valence-electron chi connectivity index (χ4n) is 4.61. The van der Waals surface area contributed by atoms with Crippen LogP contribution in [0, 0.1) is 0 Å². The number of phenolic OH excluding ortho intramolecular Hbond substituents is 1. The first-order chi connectivity index (χ1) is 20.1. The fraction of sp³-hybridized carbons (Fsp3) is 0.241. The normalized spacial score (nSPS) is 11.7. The number of nitrogens with one attached hydrogen (secondary N) is 3. The minimum atomic E-state index is -1.18. The number of benzene rings is 3. The van der Waals surface area contributed by atoms with Gasteiger partial charge in [-0.25, -0.2) is 4.79 Å². The second-order valence-corrected chi connectivity index (χ2v) is 10.2. The zero-order valence-electron chi connectivity index (χ0n) is 22.8. The van der Waals surface area contributed by atoms with Crippen molar-refractivity contribution in [1.29, 1.82) is 0 Å². The maximum Gasteiger partial charge on any atom is 0.336 e. The highest BCUT2D eigenvalue weighted by molar-refractivity contribution is 6.33. The smallest absolute Gasteiger partial charge is 0.336 e. The number of halogens is 2. The number of fused-ring (bicyclic) bond motifs is 2. The number of amides is 1. The Labute approximate surface area is 250 Å². The van der Waals surface area contributed by atoms with E-state index in [1.54, 1.807) is 32.3 Å². The Kier molecular flexibility index (Phi) is 9.56. The molecule has 0 radical (unpaired) electrons. The van der Waals surface area contributed by atoms with Crippen LogP contribution in [-0.2, 0) is 11.3 Å². The molecule has 42 heavy (non-hydrogen) atoms. The zero-order valence-corrected chi connectivity index (χ0v) is 24.3. The van der Waals surface area contributed by atoms with E-state index in [1.165, 1.54) is 24.3 Å². The monoisotopic (exact) mass is 613 g/mol. The van der Waals surface area contributed by atoms with Gasteiger partial charge in [0.2, 0.25) is 11.3 Å². The molecular weight excluding hydrogens is 585 g/mol. The van der Waals surface area contributed by atoms with Crippen molar-refractivity contribution in [2.75, 3.05) is 20.6 Å². The summed E-state index contributed by atoms with van der Waals surface area (Å²) in [6.07, 6.45) is 0.914. The maximum absolute atomic E-state index is 12.8. The van der Waals surface area contributed by atoms with Crippen molar-refractivity contribution in [3.8, 4) is 28.2 Å². The van der Waals surface area contributed by atoms with Crippen LogP contribution >= 0.6 is 23.2 Å². The topological polar surface area (TPSA) is 179 Å². The first kappa shape index (κ1) is 30.6. The van der Waals surface area contributed by atoms with Crippen molar-refractivity contribution in [2.24, 2.45) is 10.7 Å². The van der Waals surface area contributed by atoms with E-state index in [4.69, 9.17) is 33.4 Å². The first-order valence-electron chi connectivity index (χ1n) is 12.9. The van der Waals surface area contributed by atoms with Crippen molar-refractivity contribution in [3.63, 3.8) is 0 Å². The average molecular weight is 614 g/mol. The minimum absolute atomic E-state index is 0.0143. The molecule has 13 heteroatoms. The van der Waals surface area contributed by atoms with Gasteiger partial charge in [-0.1, -0.05) is 41.4 Å². The van der Waals surface area contributed by atoms with E-state index in [-0.39, 0.29) is 44.8 Å². The third-order valence-corrected chi connectivity index (χ3v) is 7.29. The zero-order chi connectivity index (χ0) is 30.6. The molecule has 0 saturated carbocycles. The number of aromatic carboxylic acids is 1. The molecule has 0 aromatic heterocycles. The van der Waals surface area contributed by atoms with Crippen molar-refractivity contribution in [2.45, 2.75) is 25.4 Å². The number of carboxylic acid groups (broad SMARTS) is 1. The molecule has 0 spiro atoms. The van der Waals surface area contributed by atoms with Gasteiger partial charge < -0.3 is 36.3 Å². The molecular formula is C29H29Cl2N5O6. The Morgan fingerprint density at radius 1 is 1.07 bits per heavy atom. The lowest BCUT2D eigenvalue weighted by Gasteiger charge is -2.20. The van der Waals surface area contributed by atoms with E-state index in [9.17, 15) is 24.6 Å². The summed E-state index contributed by atoms with van der Waals surface area (Å²) in [5, 5.41) is 29.5. The third-order valence-electron chi connectivity index (χ3n) is 6.71. The van der Waals surface area contributed by atoms with Crippen molar-refractivity contribution >= 4 is 52.0 Å². The third kappa shape index (κ3) is 6.28. The lowest BCUT2D eigenvalue weighted by Crippen LogP contribution is -2.40. The number of carboxylic acids is 1. The molecule has 1 aliphatic carbocycles. The lowest BCUT2D eigenvalue weighted by molar-refractivity contribution is -0.122. The van der Waals surface area contributed by atoms with Crippen LogP contribution in [0.3, 0.4) is 0 Å². The Balaban J connectivity index is 1.77. The van der Waals surface area contributed by atoms with Gasteiger partial charge in [0, 0.05) is 43.2 Å². The molecule has 0 fully saturated rings. The van der Waals surface area contributed by atoms with Gasteiger partial charge in [0.25, 0.3) is 0 Å². The van der Waals surface area contributed by atoms with Gasteiger partial charge >= 0.3 is 5.97 Å². The number of aromatic hydroxyl groups is 1. The number of carbonyl (C=O) groups excluding carboxylic acids is 1. The van der Waals surface area contributed by atoms with Gasteiger partial charge in [0.05, 0.1) is 33.8 Å². The van der Waals surface area contributed by atoms with Gasteiger partial charge in [0.1, 0.15) is 17.1 Å². The van der Waals surface area contributed by atoms with Crippen LogP contribution in [0.5, 0.6) is 5.75 Å². The average Bonchev–Trinajstić information content (AvgIpc) is 2.97. The van der Waals surface area contributed by atoms with Crippen LogP contribution in [0.1, 0.15) is 28.8 Å². The SMILES string of the molecule is CNC(=NCCCC(N)C(=O)NCc1c(O)c(Cl)cc2c(-c3ccccc3C(=O)O)c3cc(Cl)c(=O)cc-3oc12)NC. The number of aliphatic imine (C=N–C) groups is 1. The molecule has 4 rings (SSSR count). The van der Waals surface area contributed by atoms with Crippen LogP contribution in [0.4, 0.5) is 0 Å². The number of nitrogens with zero attached hydrogens (tertiary/aromatic N) is 1. The second-order valence-electron chi connectivity index (χ2n) is 9.37. The van der Waals surface area contributed by atoms with Crippen LogP contribution in [-0.4, -0.2) is 54.7 Å². The summed E-state index contributed by atoms with van der Waals surface area (Å²) in [6, 6.07) is 9.48. The molecule has 0 saturated heterocycles. The van der Waals surface area contributed by atoms with E-state index in [2.05, 4.69) is 20.9 Å². The van der Waals surface area contributed by atoms with E-state index < -0.39 is 23.3 Å². The van der Waals surface area contributed by atoms with Gasteiger partial charge in [-0.3, -0.25) is 14.6 Å². The van der Waals surface area contributed by atoms with Crippen molar-refractivity contribution in [1.82, 2.24) is 16.0 Å². The second kappa shape index (κ2) is 13.1. The summed E-state index contributed by atoms with van der Waals surface area (Å²) in [5.41, 5.74) is 6.83. The summed E-state index contributed by atoms with van der Waals surface area (Å²) >= 11 is 12.6. The highest BCUT2D eigenvalue weighted by atomic mass is 35.5. The van der Waals surface area contributed by atoms with Crippen LogP contribution in [0.2, 0.25) is 10.0 Å². The summed E-state index contributed by atoms with van der Waals surface area (Å²) in [6.45, 7) is 0.236. The molecule has 7 N–H and O–H groups in total. The van der Waals surface area contributed by atoms with E-state index in [0.717, 1.165) is 0 Å². The van der Waals surface area contributed by atoms with Crippen LogP contribution in [0.25, 0.3) is 33.4 Å². The Hall–Kier alpha value is -4.32. The Bertz CT molecular complexity index is 1720. The summed E-state index contributed by atoms with van der Waals surface area (Å²) < 4.78 is 6.09. The standard InChI is InChI=1S/C29H29Cl2N5O6/c1-33-29(34-2)35-9-5-8-21(32)27(39)36-13-18-25(38)20(31)11-17-24(14-6-3-4-7-15(14)28(40)41)16-10-19(30)22(37)12-23(16)42-26(17)18/h3-4,6-7,10-12,21,38H,5,8-9,13,32H2,1-2H3,(H,36,39)(H,40,41)(H2,33,34,35). The lowest BCUT2D eigenvalue weighted by atomic mass is 9.90. The highest BCUT2D eigenvalue weighted by Crippen LogP contribution is 2.46. The van der Waals surface area contributed by atoms with Crippen molar-refractivity contribution in [3.05, 3.63) is 73.9 Å². The van der Waals surface area contributed by atoms with Gasteiger partial charge in [-0.2, -0.15) is 0 Å². The number of hydrogen-bond acceptors (Lipinski definition) is 7. The molecule has 2 aromatic carbocycles. The largest absolute Gasteiger partial charge is 0.506 e. The number of nitrogens with two attached hydrogens (primary N) is 1. The van der Waals surface area contributed by atoms with Crippen LogP contribution < -0.4 is 27.1 Å². The summed E-state index contributed by atoms with van der Waals surface area (Å²) in [5.74, 6) is -1.29. The highest BCUT2D eigenvalue weighted by Gasteiger charge is 2.26. The Morgan fingerprint density at radius 2 is 1.79 bits per heavy atom. The molecule has 1 amide bonds. The fourth-order valence-corrected chi connectivity index (χ4v) is 5.00. The quantitative estimate of drug-likeness (QED) is 0.0708. The molecule has 1 atom stereocenters. The summed E-state index contributed by atoms with van der Waals surface area (Å²) in [7, 11) is 3.47. The van der Waals surface area contributed by atoms with Gasteiger partial charge in [-0.15, -0.1) is 0 Å². The number of hydrogen-bond donors (Lipinski definition) is 6. The number of rotatable bonds is 9. The molecule has 1 aliphatic heterocycles. The Morgan fingerprint density at radius 3 is 2.48 bits per heavy atom. The molecule has 1 unspecified atom stereocenters. The van der Waals surface area contributed by atoms with E-state index in [0.29, 0.717) is 47.4 Å². The van der Waals surface area contributed by atoms with Crippen LogP contribution in [0.15, 0.2) is 56.7 Å². The molecule has 220 valence electrons. The van der Waals surface area contributed by atoms with Gasteiger partial charge in [-0.05, 0) is 36.6 Å². The molecule has 0 bridgehead atoms. The predicted octanol–water partition coefficient (Wildman–Crippen LogP) is 3.79. The first-order valence-corrected chi connectivity index (χ1v) is 13.7. The maximum atomic E-state index is 12.8. The van der Waals surface area contributed by atoms with Gasteiger partial charge in [0.15, 0.2) is 5.96 Å². The van der Waals surface area contributed by atoms with Crippen molar-refractivity contribution < 1.29 is 24.2 Å². The predicted molar refractivity (Wildman–Crippen MR) is 163 cm³/mol. The molecule has 2 aromatic rings. The van der Waals surface area contributed by atoms with E-state index in [1.807, 2.05) is 0 Å². The number of phenols is 1. The molecule has 11 nitrogen and oxygen atoms in total. The van der Waals surface area contributed by atoms with E-state index >= 15 is 0 Å². The minimum Gasteiger partial charge on any atom is -0.506 e. The summed E-state index contributed by atoms with van der Waals surface area (Å²) in [4.78, 5) is 41.7.